The molecule has 0 bridgehead atoms. The van der Waals surface area contributed by atoms with Crippen LogP contribution in [0.3, 0.4) is 0 Å². The van der Waals surface area contributed by atoms with E-state index in [2.05, 4.69) is 6.07 Å². The zero-order chi connectivity index (χ0) is 10.5. The second-order valence-corrected chi connectivity index (χ2v) is 3.18. The number of phenols is 1. The quantitative estimate of drug-likeness (QED) is 0.823. The van der Waals surface area contributed by atoms with Crippen molar-refractivity contribution in [2.24, 2.45) is 0 Å². The van der Waals surface area contributed by atoms with Gasteiger partial charge in [-0.15, -0.1) is 0 Å². The van der Waals surface area contributed by atoms with Crippen molar-refractivity contribution in [1.29, 1.82) is 0 Å². The largest absolute Gasteiger partial charge is 0.507 e. The van der Waals surface area contributed by atoms with Crippen LogP contribution in [0, 0.1) is 6.07 Å². The Morgan fingerprint density at radius 2 is 1.87 bits per heavy atom. The Balaban J connectivity index is 1.96. The van der Waals surface area contributed by atoms with Crippen molar-refractivity contribution in [3.8, 4) is 11.5 Å². The number of ether oxygens (including phenoxy) is 1. The lowest BCUT2D eigenvalue weighted by atomic mass is 10.2. The molecule has 2 aromatic carbocycles. The molecule has 2 nitrogen and oxygen atoms in total. The molecule has 0 aliphatic rings. The Morgan fingerprint density at radius 1 is 1.07 bits per heavy atom. The molecule has 0 aromatic heterocycles. The first kappa shape index (κ1) is 9.59. The summed E-state index contributed by atoms with van der Waals surface area (Å²) in [7, 11) is 0. The van der Waals surface area contributed by atoms with Gasteiger partial charge in [0.1, 0.15) is 18.1 Å². The minimum Gasteiger partial charge on any atom is -0.507 e. The number of benzene rings is 2. The van der Waals surface area contributed by atoms with Crippen LogP contribution in [0.15, 0.2) is 48.5 Å². The number of rotatable bonds is 3. The Labute approximate surface area is 88.8 Å². The summed E-state index contributed by atoms with van der Waals surface area (Å²) < 4.78 is 5.50. The van der Waals surface area contributed by atoms with Crippen LogP contribution in [0.1, 0.15) is 5.56 Å². The highest BCUT2D eigenvalue weighted by molar-refractivity contribution is 5.29. The third-order valence-corrected chi connectivity index (χ3v) is 2.02. The van der Waals surface area contributed by atoms with Crippen molar-refractivity contribution in [2.75, 3.05) is 0 Å². The molecular weight excluding hydrogens is 188 g/mol. The van der Waals surface area contributed by atoms with Crippen molar-refractivity contribution in [3.63, 3.8) is 0 Å². The molecule has 15 heavy (non-hydrogen) atoms. The SMILES string of the molecule is Oc1[c]cc(OCc2ccccc2)cc1. The highest BCUT2D eigenvalue weighted by Crippen LogP contribution is 2.16. The molecule has 0 saturated carbocycles. The Hall–Kier alpha value is -1.96. The van der Waals surface area contributed by atoms with E-state index >= 15 is 0 Å². The molecule has 2 aromatic rings. The zero-order valence-corrected chi connectivity index (χ0v) is 8.18. The molecule has 2 rings (SSSR count). The topological polar surface area (TPSA) is 29.5 Å². The van der Waals surface area contributed by atoms with Gasteiger partial charge in [0, 0.05) is 6.07 Å². The van der Waals surface area contributed by atoms with E-state index in [4.69, 9.17) is 9.84 Å². The minimum atomic E-state index is 0.127. The average Bonchev–Trinajstić information content (AvgIpc) is 2.30. The van der Waals surface area contributed by atoms with Crippen LogP contribution in [0.25, 0.3) is 0 Å². The van der Waals surface area contributed by atoms with E-state index in [9.17, 15) is 0 Å². The zero-order valence-electron chi connectivity index (χ0n) is 8.18. The molecule has 0 fully saturated rings. The Kier molecular flexibility index (Phi) is 2.88. The summed E-state index contributed by atoms with van der Waals surface area (Å²) in [6, 6.07) is 17.5. The molecule has 0 saturated heterocycles. The van der Waals surface area contributed by atoms with Gasteiger partial charge in [0.05, 0.1) is 0 Å². The fourth-order valence-electron chi connectivity index (χ4n) is 1.23. The standard InChI is InChI=1S/C13H11O2/c14-12-6-8-13(9-7-12)15-10-11-4-2-1-3-5-11/h1-6,8-9,14H,10H2. The van der Waals surface area contributed by atoms with Crippen molar-refractivity contribution in [2.45, 2.75) is 6.61 Å². The van der Waals surface area contributed by atoms with Crippen LogP contribution >= 0.6 is 0 Å². The van der Waals surface area contributed by atoms with Gasteiger partial charge in [-0.2, -0.15) is 0 Å². The normalized spacial score (nSPS) is 9.87. The van der Waals surface area contributed by atoms with E-state index in [0.29, 0.717) is 12.4 Å². The van der Waals surface area contributed by atoms with Crippen molar-refractivity contribution < 1.29 is 9.84 Å². The van der Waals surface area contributed by atoms with Crippen LogP contribution in [0.4, 0.5) is 0 Å². The lowest BCUT2D eigenvalue weighted by Crippen LogP contribution is -1.94. The van der Waals surface area contributed by atoms with E-state index in [1.54, 1.807) is 18.2 Å². The maximum Gasteiger partial charge on any atom is 0.123 e. The second kappa shape index (κ2) is 4.51. The van der Waals surface area contributed by atoms with Crippen molar-refractivity contribution in [3.05, 3.63) is 60.2 Å². The van der Waals surface area contributed by atoms with Gasteiger partial charge in [-0.25, -0.2) is 0 Å². The molecular formula is C13H11O2. The highest BCUT2D eigenvalue weighted by Gasteiger charge is 1.95. The molecule has 1 N–H and O–H groups in total. The summed E-state index contributed by atoms with van der Waals surface area (Å²) in [5.41, 5.74) is 1.12. The summed E-state index contributed by atoms with van der Waals surface area (Å²) in [6.45, 7) is 0.527. The maximum atomic E-state index is 9.03. The van der Waals surface area contributed by atoms with Gasteiger partial charge in [-0.05, 0) is 23.8 Å². The first-order valence-electron chi connectivity index (χ1n) is 4.72. The van der Waals surface area contributed by atoms with Crippen LogP contribution in [-0.4, -0.2) is 5.11 Å². The van der Waals surface area contributed by atoms with Crippen LogP contribution in [-0.2, 0) is 6.61 Å². The molecule has 0 unspecified atom stereocenters. The van der Waals surface area contributed by atoms with E-state index in [0.717, 1.165) is 5.56 Å². The molecule has 1 radical (unpaired) electrons. The van der Waals surface area contributed by atoms with Crippen molar-refractivity contribution >= 4 is 0 Å². The molecule has 0 spiro atoms. The van der Waals surface area contributed by atoms with Crippen LogP contribution in [0.5, 0.6) is 11.5 Å². The summed E-state index contributed by atoms with van der Waals surface area (Å²) in [4.78, 5) is 0. The maximum absolute atomic E-state index is 9.03. The molecule has 0 atom stereocenters. The molecule has 0 aliphatic carbocycles. The van der Waals surface area contributed by atoms with Gasteiger partial charge in [-0.1, -0.05) is 30.3 Å². The van der Waals surface area contributed by atoms with Gasteiger partial charge < -0.3 is 9.84 Å². The fraction of sp³-hybridized carbons (Fsp3) is 0.0769. The molecule has 0 amide bonds. The van der Waals surface area contributed by atoms with Crippen LogP contribution < -0.4 is 4.74 Å². The number of hydrogen-bond acceptors (Lipinski definition) is 2. The Morgan fingerprint density at radius 3 is 2.53 bits per heavy atom. The third kappa shape index (κ3) is 2.74. The summed E-state index contributed by atoms with van der Waals surface area (Å²) in [5, 5.41) is 9.03. The Bertz CT molecular complexity index is 406. The highest BCUT2D eigenvalue weighted by atomic mass is 16.5. The number of hydrogen-bond donors (Lipinski definition) is 1. The van der Waals surface area contributed by atoms with Gasteiger partial charge in [0.25, 0.3) is 0 Å². The van der Waals surface area contributed by atoms with Gasteiger partial charge in [0.2, 0.25) is 0 Å². The first-order valence-corrected chi connectivity index (χ1v) is 4.72. The first-order chi connectivity index (χ1) is 7.34. The molecule has 75 valence electrons. The van der Waals surface area contributed by atoms with E-state index < -0.39 is 0 Å². The predicted molar refractivity (Wildman–Crippen MR) is 57.7 cm³/mol. The lowest BCUT2D eigenvalue weighted by Gasteiger charge is -2.05. The van der Waals surface area contributed by atoms with Gasteiger partial charge >= 0.3 is 0 Å². The van der Waals surface area contributed by atoms with Gasteiger partial charge in [0.15, 0.2) is 0 Å². The minimum absolute atomic E-state index is 0.127. The smallest absolute Gasteiger partial charge is 0.123 e. The van der Waals surface area contributed by atoms with E-state index in [1.165, 1.54) is 0 Å². The second-order valence-electron chi connectivity index (χ2n) is 3.18. The van der Waals surface area contributed by atoms with Crippen LogP contribution in [0.2, 0.25) is 0 Å². The molecule has 2 heteroatoms. The molecule has 0 heterocycles. The number of aromatic hydroxyl groups is 1. The molecule has 0 aliphatic heterocycles. The third-order valence-electron chi connectivity index (χ3n) is 2.02. The summed E-state index contributed by atoms with van der Waals surface area (Å²) in [6.07, 6.45) is 0. The fourth-order valence-corrected chi connectivity index (χ4v) is 1.23. The monoisotopic (exact) mass is 199 g/mol. The van der Waals surface area contributed by atoms with E-state index in [1.807, 2.05) is 30.3 Å². The van der Waals surface area contributed by atoms with E-state index in [-0.39, 0.29) is 5.75 Å². The predicted octanol–water partition coefficient (Wildman–Crippen LogP) is 2.77. The average molecular weight is 199 g/mol. The summed E-state index contributed by atoms with van der Waals surface area (Å²) >= 11 is 0. The van der Waals surface area contributed by atoms with Gasteiger partial charge in [-0.3, -0.25) is 0 Å². The summed E-state index contributed by atoms with van der Waals surface area (Å²) in [5.74, 6) is 0.832. The van der Waals surface area contributed by atoms with Crippen molar-refractivity contribution in [1.82, 2.24) is 0 Å². The lowest BCUT2D eigenvalue weighted by molar-refractivity contribution is 0.305. The number of phenolic OH excluding ortho intramolecular Hbond substituents is 1.